The van der Waals surface area contributed by atoms with Gasteiger partial charge in [0.1, 0.15) is 5.82 Å². The molecule has 0 bridgehead atoms. The zero-order valence-electron chi connectivity index (χ0n) is 8.07. The molecule has 1 fully saturated rings. The standard InChI is InChI=1S/C11H9FO3/c1-6(13)10-11(15-10)9(14)7-2-4-8(12)5-3-7/h2-5,10-11H,1H3. The molecule has 2 atom stereocenters. The highest BCUT2D eigenvalue weighted by Gasteiger charge is 2.48. The number of Topliss-reactive ketones (excluding diaryl/α,β-unsaturated/α-hetero) is 2. The number of ether oxygens (including phenoxy) is 1. The van der Waals surface area contributed by atoms with Crippen LogP contribution < -0.4 is 0 Å². The quantitative estimate of drug-likeness (QED) is 0.556. The summed E-state index contributed by atoms with van der Waals surface area (Å²) >= 11 is 0. The molecular weight excluding hydrogens is 199 g/mol. The lowest BCUT2D eigenvalue weighted by molar-refractivity contribution is -0.118. The van der Waals surface area contributed by atoms with Crippen LogP contribution in [0.15, 0.2) is 24.3 Å². The van der Waals surface area contributed by atoms with Crippen molar-refractivity contribution in [1.29, 1.82) is 0 Å². The van der Waals surface area contributed by atoms with Gasteiger partial charge in [-0.25, -0.2) is 4.39 Å². The van der Waals surface area contributed by atoms with Crippen LogP contribution in [0, 0.1) is 5.82 Å². The molecule has 2 rings (SSSR count). The molecule has 78 valence electrons. The summed E-state index contributed by atoms with van der Waals surface area (Å²) in [6.45, 7) is 1.38. The van der Waals surface area contributed by atoms with E-state index >= 15 is 0 Å². The minimum atomic E-state index is -0.673. The van der Waals surface area contributed by atoms with Crippen molar-refractivity contribution in [2.75, 3.05) is 0 Å². The molecule has 1 aromatic rings. The van der Waals surface area contributed by atoms with E-state index in [2.05, 4.69) is 0 Å². The van der Waals surface area contributed by atoms with Crippen molar-refractivity contribution >= 4 is 11.6 Å². The summed E-state index contributed by atoms with van der Waals surface area (Å²) in [4.78, 5) is 22.5. The Morgan fingerprint density at radius 1 is 1.20 bits per heavy atom. The average molecular weight is 208 g/mol. The van der Waals surface area contributed by atoms with E-state index in [1.807, 2.05) is 0 Å². The van der Waals surface area contributed by atoms with Gasteiger partial charge in [0.15, 0.2) is 23.8 Å². The number of rotatable bonds is 3. The van der Waals surface area contributed by atoms with E-state index in [1.54, 1.807) is 0 Å². The normalized spacial score (nSPS) is 23.6. The van der Waals surface area contributed by atoms with Crippen LogP contribution in [0.2, 0.25) is 0 Å². The number of halogens is 1. The van der Waals surface area contributed by atoms with Crippen LogP contribution in [0.25, 0.3) is 0 Å². The summed E-state index contributed by atoms with van der Waals surface area (Å²) in [5.74, 6) is -0.822. The Morgan fingerprint density at radius 2 is 1.80 bits per heavy atom. The van der Waals surface area contributed by atoms with Crippen LogP contribution in [0.1, 0.15) is 17.3 Å². The van der Waals surface area contributed by atoms with Crippen molar-refractivity contribution in [3.63, 3.8) is 0 Å². The van der Waals surface area contributed by atoms with Crippen LogP contribution >= 0.6 is 0 Å². The fourth-order valence-corrected chi connectivity index (χ4v) is 1.40. The number of carbonyl (C=O) groups is 2. The smallest absolute Gasteiger partial charge is 0.194 e. The molecule has 1 aliphatic heterocycles. The first-order valence-electron chi connectivity index (χ1n) is 4.55. The van der Waals surface area contributed by atoms with Crippen molar-refractivity contribution in [3.8, 4) is 0 Å². The minimum Gasteiger partial charge on any atom is -0.353 e. The Labute approximate surface area is 85.9 Å². The van der Waals surface area contributed by atoms with E-state index < -0.39 is 18.0 Å². The molecule has 0 N–H and O–H groups in total. The number of ketones is 2. The summed E-state index contributed by atoms with van der Waals surface area (Å²) in [6, 6.07) is 5.18. The van der Waals surface area contributed by atoms with Gasteiger partial charge in [0.05, 0.1) is 0 Å². The highest BCUT2D eigenvalue weighted by molar-refractivity contribution is 6.05. The molecule has 0 radical (unpaired) electrons. The van der Waals surface area contributed by atoms with Gasteiger partial charge in [-0.1, -0.05) is 0 Å². The Bertz CT molecular complexity index is 410. The van der Waals surface area contributed by atoms with Gasteiger partial charge >= 0.3 is 0 Å². The van der Waals surface area contributed by atoms with E-state index in [9.17, 15) is 14.0 Å². The van der Waals surface area contributed by atoms with Gasteiger partial charge in [0.25, 0.3) is 0 Å². The summed E-state index contributed by atoms with van der Waals surface area (Å²) in [7, 11) is 0. The summed E-state index contributed by atoms with van der Waals surface area (Å²) in [5, 5.41) is 0. The van der Waals surface area contributed by atoms with Crippen molar-refractivity contribution < 1.29 is 18.7 Å². The lowest BCUT2D eigenvalue weighted by atomic mass is 10.1. The van der Waals surface area contributed by atoms with Crippen molar-refractivity contribution in [1.82, 2.24) is 0 Å². The minimum absolute atomic E-state index is 0.157. The molecule has 1 aromatic carbocycles. The first-order valence-corrected chi connectivity index (χ1v) is 4.55. The van der Waals surface area contributed by atoms with Crippen LogP contribution in [-0.2, 0) is 9.53 Å². The van der Waals surface area contributed by atoms with Gasteiger partial charge in [-0.2, -0.15) is 0 Å². The molecule has 0 amide bonds. The van der Waals surface area contributed by atoms with E-state index in [0.29, 0.717) is 5.56 Å². The van der Waals surface area contributed by atoms with Crippen molar-refractivity contribution in [2.45, 2.75) is 19.1 Å². The lowest BCUT2D eigenvalue weighted by Crippen LogP contribution is -2.14. The fourth-order valence-electron chi connectivity index (χ4n) is 1.40. The number of benzene rings is 1. The van der Waals surface area contributed by atoms with Gasteiger partial charge < -0.3 is 4.74 Å². The third-order valence-corrected chi connectivity index (χ3v) is 2.28. The van der Waals surface area contributed by atoms with Gasteiger partial charge in [0, 0.05) is 5.56 Å². The highest BCUT2D eigenvalue weighted by Crippen LogP contribution is 2.26. The van der Waals surface area contributed by atoms with Gasteiger partial charge in [0.2, 0.25) is 0 Å². The maximum Gasteiger partial charge on any atom is 0.194 e. The van der Waals surface area contributed by atoms with E-state index in [4.69, 9.17) is 4.74 Å². The molecule has 0 aromatic heterocycles. The maximum absolute atomic E-state index is 12.6. The average Bonchev–Trinajstić information content (AvgIpc) is 2.97. The molecule has 3 nitrogen and oxygen atoms in total. The lowest BCUT2D eigenvalue weighted by Gasteiger charge is -1.96. The van der Waals surface area contributed by atoms with E-state index in [1.165, 1.54) is 31.2 Å². The summed E-state index contributed by atoms with van der Waals surface area (Å²) in [6.07, 6.45) is -1.28. The van der Waals surface area contributed by atoms with Crippen LogP contribution in [0.4, 0.5) is 4.39 Å². The van der Waals surface area contributed by atoms with Crippen LogP contribution in [0.5, 0.6) is 0 Å². The second kappa shape index (κ2) is 3.55. The Morgan fingerprint density at radius 3 is 2.27 bits per heavy atom. The summed E-state index contributed by atoms with van der Waals surface area (Å²) < 4.78 is 17.5. The van der Waals surface area contributed by atoms with Gasteiger partial charge in [-0.15, -0.1) is 0 Å². The fraction of sp³-hybridized carbons (Fsp3) is 0.273. The maximum atomic E-state index is 12.6. The number of epoxide rings is 1. The van der Waals surface area contributed by atoms with Crippen molar-refractivity contribution in [3.05, 3.63) is 35.6 Å². The SMILES string of the molecule is CC(=O)C1OC1C(=O)c1ccc(F)cc1. The Balaban J connectivity index is 2.10. The Kier molecular flexibility index (Phi) is 2.36. The molecule has 15 heavy (non-hydrogen) atoms. The second-order valence-corrected chi connectivity index (χ2v) is 3.46. The Hall–Kier alpha value is -1.55. The van der Waals surface area contributed by atoms with Gasteiger partial charge in [-0.05, 0) is 31.2 Å². The molecule has 0 aliphatic carbocycles. The molecule has 0 saturated carbocycles. The van der Waals surface area contributed by atoms with Crippen LogP contribution in [0.3, 0.4) is 0 Å². The van der Waals surface area contributed by atoms with Crippen LogP contribution in [-0.4, -0.2) is 23.8 Å². The second-order valence-electron chi connectivity index (χ2n) is 3.46. The third-order valence-electron chi connectivity index (χ3n) is 2.28. The molecule has 1 saturated heterocycles. The molecule has 2 unspecified atom stereocenters. The predicted octanol–water partition coefficient (Wildman–Crippen LogP) is 1.36. The molecule has 1 heterocycles. The largest absolute Gasteiger partial charge is 0.353 e. The molecule has 4 heteroatoms. The monoisotopic (exact) mass is 208 g/mol. The predicted molar refractivity (Wildman–Crippen MR) is 50.1 cm³/mol. The third kappa shape index (κ3) is 1.94. The van der Waals surface area contributed by atoms with E-state index in [-0.39, 0.29) is 11.6 Å². The number of hydrogen-bond donors (Lipinski definition) is 0. The number of hydrogen-bond acceptors (Lipinski definition) is 3. The highest BCUT2D eigenvalue weighted by atomic mass is 19.1. The first kappa shape index (κ1) is 9.98. The number of carbonyl (C=O) groups excluding carboxylic acids is 2. The van der Waals surface area contributed by atoms with E-state index in [0.717, 1.165) is 0 Å². The van der Waals surface area contributed by atoms with Gasteiger partial charge in [-0.3, -0.25) is 9.59 Å². The zero-order valence-corrected chi connectivity index (χ0v) is 8.07. The first-order chi connectivity index (χ1) is 7.09. The van der Waals surface area contributed by atoms with Crippen molar-refractivity contribution in [2.24, 2.45) is 0 Å². The topological polar surface area (TPSA) is 46.7 Å². The molecule has 0 spiro atoms. The zero-order chi connectivity index (χ0) is 11.0. The molecular formula is C11H9FO3. The molecule has 1 aliphatic rings. The summed E-state index contributed by atoms with van der Waals surface area (Å²) in [5.41, 5.74) is 0.366.